The fourth-order valence-electron chi connectivity index (χ4n) is 2.31. The van der Waals surface area contributed by atoms with E-state index in [0.29, 0.717) is 35.9 Å². The van der Waals surface area contributed by atoms with Crippen LogP contribution in [-0.4, -0.2) is 39.2 Å². The van der Waals surface area contributed by atoms with E-state index in [0.717, 1.165) is 0 Å². The van der Waals surface area contributed by atoms with Crippen LogP contribution in [0.15, 0.2) is 33.4 Å². The fourth-order valence-corrected chi connectivity index (χ4v) is 3.50. The molecule has 1 saturated heterocycles. The van der Waals surface area contributed by atoms with E-state index < -0.39 is 17.4 Å². The van der Waals surface area contributed by atoms with Gasteiger partial charge < -0.3 is 19.4 Å². The Morgan fingerprint density at radius 3 is 2.73 bits per heavy atom. The van der Waals surface area contributed by atoms with Crippen LogP contribution < -0.4 is 5.32 Å². The van der Waals surface area contributed by atoms with Crippen molar-refractivity contribution < 1.29 is 23.6 Å². The lowest BCUT2D eigenvalue weighted by atomic mass is 9.92. The van der Waals surface area contributed by atoms with Crippen LogP contribution in [0.3, 0.4) is 0 Å². The highest BCUT2D eigenvalue weighted by Crippen LogP contribution is 2.28. The first-order valence-corrected chi connectivity index (χ1v) is 7.90. The summed E-state index contributed by atoms with van der Waals surface area (Å²) in [5.41, 5.74) is -1.20. The van der Waals surface area contributed by atoms with Gasteiger partial charge in [0.2, 0.25) is 5.76 Å². The molecule has 8 heteroatoms. The van der Waals surface area contributed by atoms with Crippen molar-refractivity contribution in [2.45, 2.75) is 18.4 Å². The lowest BCUT2D eigenvalue weighted by molar-refractivity contribution is -0.144. The SMILES string of the molecule is O=C(NC1(C(=O)O)CCSCC1)c1cc(-c2ccco2)on1. The molecule has 0 radical (unpaired) electrons. The summed E-state index contributed by atoms with van der Waals surface area (Å²) in [6.07, 6.45) is 2.26. The Balaban J connectivity index is 1.77. The summed E-state index contributed by atoms with van der Waals surface area (Å²) >= 11 is 1.68. The van der Waals surface area contributed by atoms with Gasteiger partial charge in [-0.25, -0.2) is 4.79 Å². The predicted molar refractivity (Wildman–Crippen MR) is 78.6 cm³/mol. The Bertz CT molecular complexity index is 673. The lowest BCUT2D eigenvalue weighted by Crippen LogP contribution is -2.56. The van der Waals surface area contributed by atoms with E-state index in [1.807, 2.05) is 0 Å². The number of carboxylic acid groups (broad SMARTS) is 1. The molecular weight excluding hydrogens is 308 g/mol. The number of nitrogens with zero attached hydrogens (tertiary/aromatic N) is 1. The molecule has 22 heavy (non-hydrogen) atoms. The number of thioether (sulfide) groups is 1. The van der Waals surface area contributed by atoms with Gasteiger partial charge in [0.05, 0.1) is 6.26 Å². The number of hydrogen-bond acceptors (Lipinski definition) is 6. The van der Waals surface area contributed by atoms with Gasteiger partial charge in [-0.1, -0.05) is 5.16 Å². The molecule has 7 nitrogen and oxygen atoms in total. The highest BCUT2D eigenvalue weighted by Gasteiger charge is 2.41. The zero-order valence-corrected chi connectivity index (χ0v) is 12.4. The molecule has 2 aromatic rings. The van der Waals surface area contributed by atoms with E-state index in [2.05, 4.69) is 10.5 Å². The number of aromatic nitrogens is 1. The Morgan fingerprint density at radius 2 is 2.09 bits per heavy atom. The fraction of sp³-hybridized carbons (Fsp3) is 0.357. The van der Waals surface area contributed by atoms with Crippen LogP contribution in [0.5, 0.6) is 0 Å². The third-order valence-electron chi connectivity index (χ3n) is 3.62. The van der Waals surface area contributed by atoms with Gasteiger partial charge in [0.25, 0.3) is 5.91 Å². The van der Waals surface area contributed by atoms with E-state index in [4.69, 9.17) is 8.94 Å². The number of hydrogen-bond donors (Lipinski definition) is 2. The standard InChI is InChI=1S/C14H14N2O5S/c17-12(15-14(13(18)19)3-6-22-7-4-14)9-8-11(21-16-9)10-2-1-5-20-10/h1-2,5,8H,3-4,6-7H2,(H,15,17)(H,18,19). The molecule has 116 valence electrons. The van der Waals surface area contributed by atoms with Crippen LogP contribution in [0.25, 0.3) is 11.5 Å². The van der Waals surface area contributed by atoms with Crippen molar-refractivity contribution in [1.29, 1.82) is 0 Å². The maximum Gasteiger partial charge on any atom is 0.329 e. The molecule has 1 aliphatic heterocycles. The minimum atomic E-state index is -1.23. The lowest BCUT2D eigenvalue weighted by Gasteiger charge is -2.33. The molecule has 2 aromatic heterocycles. The third-order valence-corrected chi connectivity index (χ3v) is 4.60. The molecule has 1 fully saturated rings. The number of furan rings is 1. The molecule has 3 heterocycles. The minimum Gasteiger partial charge on any atom is -0.480 e. The Kier molecular flexibility index (Phi) is 3.93. The van der Waals surface area contributed by atoms with Crippen molar-refractivity contribution in [3.8, 4) is 11.5 Å². The average molecular weight is 322 g/mol. The molecule has 1 amide bonds. The Hall–Kier alpha value is -2.22. The highest BCUT2D eigenvalue weighted by atomic mass is 32.2. The molecule has 0 aromatic carbocycles. The second kappa shape index (κ2) is 5.88. The van der Waals surface area contributed by atoms with Crippen molar-refractivity contribution in [3.05, 3.63) is 30.2 Å². The second-order valence-corrected chi connectivity index (χ2v) is 6.23. The number of carbonyl (C=O) groups excluding carboxylic acids is 1. The van der Waals surface area contributed by atoms with E-state index in [-0.39, 0.29) is 5.69 Å². The highest BCUT2D eigenvalue weighted by molar-refractivity contribution is 7.99. The number of carboxylic acids is 1. The normalized spacial score (nSPS) is 17.1. The number of rotatable bonds is 4. The quantitative estimate of drug-likeness (QED) is 0.887. The van der Waals surface area contributed by atoms with Crippen LogP contribution in [0.4, 0.5) is 0 Å². The number of aliphatic carboxylic acids is 1. The number of carbonyl (C=O) groups is 2. The molecule has 0 atom stereocenters. The maximum absolute atomic E-state index is 12.3. The van der Waals surface area contributed by atoms with Gasteiger partial charge >= 0.3 is 5.97 Å². The van der Waals surface area contributed by atoms with E-state index >= 15 is 0 Å². The number of nitrogens with one attached hydrogen (secondary N) is 1. The predicted octanol–water partition coefficient (Wildman–Crippen LogP) is 2.01. The summed E-state index contributed by atoms with van der Waals surface area (Å²) in [7, 11) is 0. The van der Waals surface area contributed by atoms with Gasteiger partial charge in [-0.15, -0.1) is 0 Å². The van der Waals surface area contributed by atoms with Crippen LogP contribution >= 0.6 is 11.8 Å². The van der Waals surface area contributed by atoms with Crippen molar-refractivity contribution in [2.75, 3.05) is 11.5 Å². The summed E-state index contributed by atoms with van der Waals surface area (Å²) in [6, 6.07) is 4.80. The molecule has 1 aliphatic rings. The Morgan fingerprint density at radius 1 is 1.32 bits per heavy atom. The molecule has 2 N–H and O–H groups in total. The van der Waals surface area contributed by atoms with Gasteiger partial charge in [0.1, 0.15) is 5.54 Å². The minimum absolute atomic E-state index is 0.0326. The van der Waals surface area contributed by atoms with Gasteiger partial charge in [0, 0.05) is 6.07 Å². The van der Waals surface area contributed by atoms with Gasteiger partial charge in [0.15, 0.2) is 11.5 Å². The summed E-state index contributed by atoms with van der Waals surface area (Å²) in [5.74, 6) is 0.588. The largest absolute Gasteiger partial charge is 0.480 e. The number of amides is 1. The van der Waals surface area contributed by atoms with Gasteiger partial charge in [-0.2, -0.15) is 11.8 Å². The van der Waals surface area contributed by atoms with E-state index in [9.17, 15) is 14.7 Å². The first kappa shape index (κ1) is 14.7. The second-order valence-electron chi connectivity index (χ2n) is 5.01. The molecule has 0 aliphatic carbocycles. The van der Waals surface area contributed by atoms with Crippen LogP contribution in [-0.2, 0) is 4.79 Å². The topological polar surface area (TPSA) is 106 Å². The summed E-state index contributed by atoms with van der Waals surface area (Å²) in [6.45, 7) is 0. The van der Waals surface area contributed by atoms with E-state index in [1.165, 1.54) is 12.3 Å². The zero-order chi connectivity index (χ0) is 15.6. The summed E-state index contributed by atoms with van der Waals surface area (Å²) in [5, 5.41) is 15.7. The van der Waals surface area contributed by atoms with Gasteiger partial charge in [-0.05, 0) is 36.5 Å². The van der Waals surface area contributed by atoms with Gasteiger partial charge in [-0.3, -0.25) is 4.79 Å². The smallest absolute Gasteiger partial charge is 0.329 e. The third kappa shape index (κ3) is 2.74. The summed E-state index contributed by atoms with van der Waals surface area (Å²) < 4.78 is 10.2. The first-order valence-electron chi connectivity index (χ1n) is 6.75. The average Bonchev–Trinajstić information content (AvgIpc) is 3.19. The Labute approximate surface area is 130 Å². The first-order chi connectivity index (χ1) is 10.6. The van der Waals surface area contributed by atoms with Crippen molar-refractivity contribution >= 4 is 23.6 Å². The molecule has 0 unspecified atom stereocenters. The molecule has 0 spiro atoms. The van der Waals surface area contributed by atoms with Crippen molar-refractivity contribution in [1.82, 2.24) is 10.5 Å². The molecule has 0 bridgehead atoms. The van der Waals surface area contributed by atoms with Crippen LogP contribution in [0.1, 0.15) is 23.3 Å². The van der Waals surface area contributed by atoms with Crippen molar-refractivity contribution in [3.63, 3.8) is 0 Å². The molecular formula is C14H14N2O5S. The molecule has 3 rings (SSSR count). The molecule has 0 saturated carbocycles. The van der Waals surface area contributed by atoms with Crippen LogP contribution in [0.2, 0.25) is 0 Å². The maximum atomic E-state index is 12.3. The van der Waals surface area contributed by atoms with Crippen molar-refractivity contribution in [2.24, 2.45) is 0 Å². The van der Waals surface area contributed by atoms with E-state index in [1.54, 1.807) is 23.9 Å². The summed E-state index contributed by atoms with van der Waals surface area (Å²) in [4.78, 5) is 23.8. The monoisotopic (exact) mass is 322 g/mol. The van der Waals surface area contributed by atoms with Crippen LogP contribution in [0, 0.1) is 0 Å². The zero-order valence-electron chi connectivity index (χ0n) is 11.6.